The van der Waals surface area contributed by atoms with Crippen molar-refractivity contribution in [1.29, 1.82) is 0 Å². The Labute approximate surface area is 229 Å². The maximum atomic E-state index is 13.4. The number of carbonyl (C=O) groups is 1. The summed E-state index contributed by atoms with van der Waals surface area (Å²) in [4.78, 5) is 20.5. The van der Waals surface area contributed by atoms with Crippen LogP contribution in [0.3, 0.4) is 0 Å². The molecule has 0 spiro atoms. The SMILES string of the molecule is CC1(CCCc2ccn(-c3ccc4c(n3)N3CC(CCCn5ccc(n5)S(=O)(=O)NC4=O)CC3(C)C)n2)CC1. The van der Waals surface area contributed by atoms with Crippen molar-refractivity contribution in [3.8, 4) is 5.82 Å². The second kappa shape index (κ2) is 9.46. The molecule has 2 fully saturated rings. The van der Waals surface area contributed by atoms with Crippen LogP contribution >= 0.6 is 0 Å². The third-order valence-electron chi connectivity index (χ3n) is 8.63. The van der Waals surface area contributed by atoms with Crippen LogP contribution in [0.4, 0.5) is 5.82 Å². The number of hydrogen-bond donors (Lipinski definition) is 1. The Morgan fingerprint density at radius 1 is 1.08 bits per heavy atom. The fourth-order valence-electron chi connectivity index (χ4n) is 6.07. The number of nitrogens with zero attached hydrogens (tertiary/aromatic N) is 6. The Balaban J connectivity index is 1.34. The molecule has 39 heavy (non-hydrogen) atoms. The van der Waals surface area contributed by atoms with Crippen molar-refractivity contribution >= 4 is 21.7 Å². The average molecular weight is 552 g/mol. The van der Waals surface area contributed by atoms with E-state index in [2.05, 4.69) is 35.5 Å². The molecule has 0 aromatic carbocycles. The maximum absolute atomic E-state index is 13.4. The highest BCUT2D eigenvalue weighted by Crippen LogP contribution is 2.49. The smallest absolute Gasteiger partial charge is 0.283 e. The molecule has 1 unspecified atom stereocenters. The van der Waals surface area contributed by atoms with Crippen molar-refractivity contribution in [2.24, 2.45) is 11.3 Å². The number of carbonyl (C=O) groups excluding carboxylic acids is 1. The predicted octanol–water partition coefficient (Wildman–Crippen LogP) is 4.10. The van der Waals surface area contributed by atoms with Gasteiger partial charge in [-0.3, -0.25) is 9.48 Å². The highest BCUT2D eigenvalue weighted by molar-refractivity contribution is 7.90. The number of fused-ring (bicyclic) bond motifs is 6. The Hall–Kier alpha value is -3.21. The quantitative estimate of drug-likeness (QED) is 0.508. The number of nitrogens with one attached hydrogen (secondary N) is 1. The molecule has 1 atom stereocenters. The van der Waals surface area contributed by atoms with E-state index in [1.54, 1.807) is 27.7 Å². The van der Waals surface area contributed by atoms with Crippen LogP contribution in [0, 0.1) is 11.3 Å². The highest BCUT2D eigenvalue weighted by atomic mass is 32.2. The summed E-state index contributed by atoms with van der Waals surface area (Å²) in [7, 11) is -4.13. The molecule has 1 N–H and O–H groups in total. The number of rotatable bonds is 5. The van der Waals surface area contributed by atoms with Gasteiger partial charge in [-0.15, -0.1) is 0 Å². The number of hydrogen-bond acceptors (Lipinski definition) is 7. The summed E-state index contributed by atoms with van der Waals surface area (Å²) in [6, 6.07) is 6.84. The van der Waals surface area contributed by atoms with Gasteiger partial charge in [0.15, 0.2) is 10.8 Å². The van der Waals surface area contributed by atoms with E-state index in [4.69, 9.17) is 10.1 Å². The van der Waals surface area contributed by atoms with Crippen LogP contribution in [0.5, 0.6) is 0 Å². The Kier molecular flexibility index (Phi) is 6.32. The largest absolute Gasteiger partial charge is 0.350 e. The monoisotopic (exact) mass is 551 g/mol. The van der Waals surface area contributed by atoms with Gasteiger partial charge in [0.05, 0.1) is 11.3 Å². The minimum absolute atomic E-state index is 0.164. The third kappa shape index (κ3) is 5.33. The van der Waals surface area contributed by atoms with Crippen LogP contribution < -0.4 is 9.62 Å². The molecule has 208 valence electrons. The molecule has 3 aliphatic rings. The first kappa shape index (κ1) is 26.0. The van der Waals surface area contributed by atoms with Gasteiger partial charge in [0.2, 0.25) is 0 Å². The summed E-state index contributed by atoms with van der Waals surface area (Å²) in [6.07, 6.45) is 12.3. The summed E-state index contributed by atoms with van der Waals surface area (Å²) in [5, 5.41) is 8.81. The molecule has 3 aromatic heterocycles. The molecule has 2 aliphatic heterocycles. The zero-order chi connectivity index (χ0) is 27.4. The van der Waals surface area contributed by atoms with E-state index >= 15 is 0 Å². The van der Waals surface area contributed by atoms with Crippen LogP contribution in [0.2, 0.25) is 0 Å². The van der Waals surface area contributed by atoms with Crippen molar-refractivity contribution in [1.82, 2.24) is 29.3 Å². The Morgan fingerprint density at radius 3 is 2.69 bits per heavy atom. The fraction of sp³-hybridized carbons (Fsp3) is 0.571. The standard InChI is InChI=1S/C28H37N7O3S/c1-27(2)18-20-6-5-15-33-16-11-24(31-33)39(37,38)32-26(36)22-8-9-23(29-25(22)34(27)19-20)35-17-10-21(30-35)7-4-12-28(3)13-14-28/h8-11,16-17,20H,4-7,12-15,18-19H2,1-3H3,(H,32,36). The molecule has 1 saturated heterocycles. The zero-order valence-corrected chi connectivity index (χ0v) is 23.7. The molecule has 1 amide bonds. The molecular weight excluding hydrogens is 514 g/mol. The average Bonchev–Trinajstić information content (AvgIpc) is 3.24. The van der Waals surface area contributed by atoms with Crippen molar-refractivity contribution in [2.45, 2.75) is 89.2 Å². The molecule has 4 bridgehead atoms. The second-order valence-corrected chi connectivity index (χ2v) is 14.1. The molecule has 3 aromatic rings. The predicted molar refractivity (Wildman–Crippen MR) is 147 cm³/mol. The van der Waals surface area contributed by atoms with Gasteiger partial charge in [0.1, 0.15) is 5.82 Å². The minimum Gasteiger partial charge on any atom is -0.350 e. The van der Waals surface area contributed by atoms with Crippen molar-refractivity contribution < 1.29 is 13.2 Å². The first-order chi connectivity index (χ1) is 18.5. The first-order valence-electron chi connectivity index (χ1n) is 14.0. The van der Waals surface area contributed by atoms with Crippen LogP contribution in [0.15, 0.2) is 41.7 Å². The van der Waals surface area contributed by atoms with Crippen molar-refractivity contribution in [3.05, 3.63) is 47.9 Å². The number of amides is 1. The maximum Gasteiger partial charge on any atom is 0.283 e. The lowest BCUT2D eigenvalue weighted by atomic mass is 9.93. The minimum atomic E-state index is -4.13. The third-order valence-corrected chi connectivity index (χ3v) is 9.86. The van der Waals surface area contributed by atoms with Gasteiger partial charge in [-0.25, -0.2) is 14.4 Å². The number of aromatic nitrogens is 5. The van der Waals surface area contributed by atoms with Gasteiger partial charge < -0.3 is 4.90 Å². The lowest BCUT2D eigenvalue weighted by molar-refractivity contribution is 0.0981. The van der Waals surface area contributed by atoms with Gasteiger partial charge in [0.25, 0.3) is 15.9 Å². The van der Waals surface area contributed by atoms with E-state index in [1.165, 1.54) is 25.3 Å². The molecular formula is C28H37N7O3S. The normalized spacial score (nSPS) is 23.1. The molecule has 1 aliphatic carbocycles. The number of aryl methyl sites for hydroxylation is 2. The van der Waals surface area contributed by atoms with Gasteiger partial charge >= 0.3 is 0 Å². The summed E-state index contributed by atoms with van der Waals surface area (Å²) >= 11 is 0. The lowest BCUT2D eigenvalue weighted by Crippen LogP contribution is -2.41. The van der Waals surface area contributed by atoms with Crippen molar-refractivity contribution in [2.75, 3.05) is 11.4 Å². The van der Waals surface area contributed by atoms with Gasteiger partial charge in [-0.05, 0) is 101 Å². The molecule has 6 rings (SSSR count). The molecule has 5 heterocycles. The van der Waals surface area contributed by atoms with Crippen LogP contribution in [-0.4, -0.2) is 51.0 Å². The van der Waals surface area contributed by atoms with Crippen molar-refractivity contribution in [3.63, 3.8) is 0 Å². The summed E-state index contributed by atoms with van der Waals surface area (Å²) in [5.74, 6) is 0.787. The van der Waals surface area contributed by atoms with Gasteiger partial charge in [-0.1, -0.05) is 6.92 Å². The number of sulfonamides is 1. The number of anilines is 1. The van der Waals surface area contributed by atoms with E-state index in [0.717, 1.165) is 44.3 Å². The van der Waals surface area contributed by atoms with E-state index in [1.807, 2.05) is 12.3 Å². The molecule has 10 nitrogen and oxygen atoms in total. The lowest BCUT2D eigenvalue weighted by Gasteiger charge is -2.34. The second-order valence-electron chi connectivity index (χ2n) is 12.4. The Morgan fingerprint density at radius 2 is 1.90 bits per heavy atom. The van der Waals surface area contributed by atoms with E-state index in [-0.39, 0.29) is 16.1 Å². The highest BCUT2D eigenvalue weighted by Gasteiger charge is 2.41. The van der Waals surface area contributed by atoms with E-state index in [9.17, 15) is 13.2 Å². The zero-order valence-electron chi connectivity index (χ0n) is 22.9. The van der Waals surface area contributed by atoms with Crippen LogP contribution in [0.25, 0.3) is 5.82 Å². The summed E-state index contributed by atoms with van der Waals surface area (Å²) in [5.41, 5.74) is 1.52. The number of pyridine rings is 1. The van der Waals surface area contributed by atoms with Crippen LogP contribution in [0.1, 0.15) is 81.8 Å². The van der Waals surface area contributed by atoms with Gasteiger partial charge in [-0.2, -0.15) is 18.6 Å². The fourth-order valence-corrected chi connectivity index (χ4v) is 6.98. The topological polar surface area (TPSA) is 115 Å². The van der Waals surface area contributed by atoms with E-state index < -0.39 is 15.9 Å². The first-order valence-corrected chi connectivity index (χ1v) is 15.4. The summed E-state index contributed by atoms with van der Waals surface area (Å²) in [6.45, 7) is 8.03. The molecule has 1 saturated carbocycles. The molecule has 0 radical (unpaired) electrons. The Bertz CT molecular complexity index is 1500. The van der Waals surface area contributed by atoms with Gasteiger partial charge in [0, 0.05) is 31.0 Å². The van der Waals surface area contributed by atoms with E-state index in [0.29, 0.717) is 29.5 Å². The van der Waals surface area contributed by atoms with Crippen LogP contribution in [-0.2, 0) is 23.0 Å². The summed E-state index contributed by atoms with van der Waals surface area (Å²) < 4.78 is 31.6. The molecule has 11 heteroatoms.